The lowest BCUT2D eigenvalue weighted by atomic mass is 10.2. The molecule has 5 nitrogen and oxygen atoms in total. The van der Waals surface area contributed by atoms with E-state index in [9.17, 15) is 9.59 Å². The van der Waals surface area contributed by atoms with Crippen molar-refractivity contribution in [1.29, 1.82) is 0 Å². The summed E-state index contributed by atoms with van der Waals surface area (Å²) >= 11 is 0. The molecule has 0 spiro atoms. The van der Waals surface area contributed by atoms with Crippen molar-refractivity contribution < 1.29 is 18.7 Å². The van der Waals surface area contributed by atoms with Gasteiger partial charge in [-0.2, -0.15) is 0 Å². The van der Waals surface area contributed by atoms with Crippen LogP contribution in [0.1, 0.15) is 15.9 Å². The van der Waals surface area contributed by atoms with Gasteiger partial charge in [-0.3, -0.25) is 0 Å². The van der Waals surface area contributed by atoms with Gasteiger partial charge < -0.3 is 13.9 Å². The van der Waals surface area contributed by atoms with Crippen LogP contribution >= 0.6 is 0 Å². The van der Waals surface area contributed by atoms with Gasteiger partial charge in [0.15, 0.2) is 0 Å². The molecule has 5 heteroatoms. The highest BCUT2D eigenvalue weighted by atomic mass is 16.5. The molecule has 116 valence electrons. The SMILES string of the molecule is COC(=O)c1cc2cc(OCc3ccccc3)ccc2oc1=O. The number of hydrogen-bond donors (Lipinski definition) is 0. The average molecular weight is 310 g/mol. The van der Waals surface area contributed by atoms with Crippen LogP contribution in [0.15, 0.2) is 63.8 Å². The second kappa shape index (κ2) is 6.36. The molecule has 0 fully saturated rings. The number of esters is 1. The Morgan fingerprint density at radius 3 is 2.61 bits per heavy atom. The summed E-state index contributed by atoms with van der Waals surface area (Å²) in [6, 6.07) is 16.3. The minimum atomic E-state index is -0.726. The van der Waals surface area contributed by atoms with Gasteiger partial charge in [-0.1, -0.05) is 30.3 Å². The summed E-state index contributed by atoms with van der Waals surface area (Å²) in [7, 11) is 1.21. The van der Waals surface area contributed by atoms with Gasteiger partial charge in [-0.05, 0) is 29.8 Å². The second-order valence-electron chi connectivity index (χ2n) is 4.91. The molecule has 3 aromatic rings. The van der Waals surface area contributed by atoms with Gasteiger partial charge in [0, 0.05) is 5.39 Å². The molecule has 0 saturated heterocycles. The zero-order chi connectivity index (χ0) is 16.2. The number of benzene rings is 2. The van der Waals surface area contributed by atoms with Crippen molar-refractivity contribution >= 4 is 16.9 Å². The van der Waals surface area contributed by atoms with Gasteiger partial charge in [-0.25, -0.2) is 9.59 Å². The maximum atomic E-state index is 11.7. The monoisotopic (exact) mass is 310 g/mol. The molecule has 0 N–H and O–H groups in total. The Bertz CT molecular complexity index is 896. The smallest absolute Gasteiger partial charge is 0.351 e. The van der Waals surface area contributed by atoms with Crippen LogP contribution < -0.4 is 10.4 Å². The van der Waals surface area contributed by atoms with Gasteiger partial charge in [0.05, 0.1) is 7.11 Å². The highest BCUT2D eigenvalue weighted by molar-refractivity contribution is 5.93. The molecular formula is C18H14O5. The number of fused-ring (bicyclic) bond motifs is 1. The quantitative estimate of drug-likeness (QED) is 0.547. The van der Waals surface area contributed by atoms with Crippen molar-refractivity contribution in [3.63, 3.8) is 0 Å². The number of rotatable bonds is 4. The van der Waals surface area contributed by atoms with E-state index in [1.165, 1.54) is 13.2 Å². The van der Waals surface area contributed by atoms with Crippen LogP contribution in [0.5, 0.6) is 5.75 Å². The van der Waals surface area contributed by atoms with Crippen LogP contribution in [0.2, 0.25) is 0 Å². The van der Waals surface area contributed by atoms with Crippen LogP contribution in [0, 0.1) is 0 Å². The molecule has 1 aromatic heterocycles. The number of methoxy groups -OCH3 is 1. The number of carbonyl (C=O) groups is 1. The van der Waals surface area contributed by atoms with Crippen molar-refractivity contribution in [1.82, 2.24) is 0 Å². The normalized spacial score (nSPS) is 10.5. The van der Waals surface area contributed by atoms with E-state index in [0.717, 1.165) is 5.56 Å². The third-order valence-electron chi connectivity index (χ3n) is 3.36. The van der Waals surface area contributed by atoms with E-state index in [-0.39, 0.29) is 5.56 Å². The molecule has 0 aliphatic heterocycles. The van der Waals surface area contributed by atoms with Crippen molar-refractivity contribution in [3.8, 4) is 5.75 Å². The fourth-order valence-electron chi connectivity index (χ4n) is 2.18. The molecule has 0 aliphatic rings. The molecule has 0 bridgehead atoms. The number of hydrogen-bond acceptors (Lipinski definition) is 5. The molecule has 0 amide bonds. The molecule has 3 rings (SSSR count). The zero-order valence-electron chi connectivity index (χ0n) is 12.4. The Kier molecular flexibility index (Phi) is 4.10. The van der Waals surface area contributed by atoms with Crippen LogP contribution in [-0.4, -0.2) is 13.1 Å². The predicted octanol–water partition coefficient (Wildman–Crippen LogP) is 3.16. The van der Waals surface area contributed by atoms with Crippen LogP contribution in [0.4, 0.5) is 0 Å². The lowest BCUT2D eigenvalue weighted by Crippen LogP contribution is -2.14. The van der Waals surface area contributed by atoms with E-state index in [0.29, 0.717) is 23.3 Å². The first-order chi connectivity index (χ1) is 11.2. The van der Waals surface area contributed by atoms with Crippen LogP contribution in [-0.2, 0) is 11.3 Å². The van der Waals surface area contributed by atoms with Gasteiger partial charge in [0.1, 0.15) is 23.5 Å². The molecule has 23 heavy (non-hydrogen) atoms. The van der Waals surface area contributed by atoms with Crippen LogP contribution in [0.3, 0.4) is 0 Å². The van der Waals surface area contributed by atoms with Gasteiger partial charge >= 0.3 is 11.6 Å². The van der Waals surface area contributed by atoms with E-state index < -0.39 is 11.6 Å². The standard InChI is InChI=1S/C18H14O5/c1-21-17(19)15-10-13-9-14(7-8-16(13)23-18(15)20)22-11-12-5-3-2-4-6-12/h2-10H,11H2,1H3. The van der Waals surface area contributed by atoms with E-state index >= 15 is 0 Å². The Balaban J connectivity index is 1.90. The van der Waals surface area contributed by atoms with Crippen molar-refractivity contribution in [2.45, 2.75) is 6.61 Å². The molecule has 1 heterocycles. The summed E-state index contributed by atoms with van der Waals surface area (Å²) in [5, 5.41) is 0.593. The molecule has 0 radical (unpaired) electrons. The van der Waals surface area contributed by atoms with Crippen molar-refractivity contribution in [2.75, 3.05) is 7.11 Å². The van der Waals surface area contributed by atoms with Gasteiger partial charge in [0.25, 0.3) is 0 Å². The van der Waals surface area contributed by atoms with Crippen molar-refractivity contribution in [2.24, 2.45) is 0 Å². The minimum absolute atomic E-state index is 0.139. The Hall–Kier alpha value is -3.08. The minimum Gasteiger partial charge on any atom is -0.489 e. The summed E-state index contributed by atoms with van der Waals surface area (Å²) in [6.45, 7) is 0.424. The Morgan fingerprint density at radius 2 is 1.87 bits per heavy atom. The molecule has 0 saturated carbocycles. The summed E-state index contributed by atoms with van der Waals surface area (Å²) in [5.41, 5.74) is 0.569. The molecule has 0 aliphatic carbocycles. The van der Waals surface area contributed by atoms with E-state index in [1.54, 1.807) is 18.2 Å². The highest BCUT2D eigenvalue weighted by Crippen LogP contribution is 2.21. The Morgan fingerprint density at radius 1 is 1.09 bits per heavy atom. The molecule has 2 aromatic carbocycles. The average Bonchev–Trinajstić information content (AvgIpc) is 2.59. The zero-order valence-corrected chi connectivity index (χ0v) is 12.4. The Labute approximate surface area is 132 Å². The summed E-state index contributed by atoms with van der Waals surface area (Å²) in [5.74, 6) is -0.109. The van der Waals surface area contributed by atoms with Crippen molar-refractivity contribution in [3.05, 3.63) is 76.1 Å². The maximum Gasteiger partial charge on any atom is 0.351 e. The third-order valence-corrected chi connectivity index (χ3v) is 3.36. The summed E-state index contributed by atoms with van der Waals surface area (Å²) in [4.78, 5) is 23.3. The van der Waals surface area contributed by atoms with Gasteiger partial charge in [-0.15, -0.1) is 0 Å². The molecule has 0 atom stereocenters. The summed E-state index contributed by atoms with van der Waals surface area (Å²) in [6.07, 6.45) is 0. The first-order valence-corrected chi connectivity index (χ1v) is 7.00. The van der Waals surface area contributed by atoms with E-state index in [2.05, 4.69) is 4.74 Å². The lowest BCUT2D eigenvalue weighted by Gasteiger charge is -2.07. The largest absolute Gasteiger partial charge is 0.489 e. The predicted molar refractivity (Wildman–Crippen MR) is 84.6 cm³/mol. The first-order valence-electron chi connectivity index (χ1n) is 7.00. The highest BCUT2D eigenvalue weighted by Gasteiger charge is 2.14. The molecule has 0 unspecified atom stereocenters. The van der Waals surface area contributed by atoms with E-state index in [4.69, 9.17) is 9.15 Å². The fourth-order valence-corrected chi connectivity index (χ4v) is 2.18. The second-order valence-corrected chi connectivity index (χ2v) is 4.91. The van der Waals surface area contributed by atoms with Gasteiger partial charge in [0.2, 0.25) is 0 Å². The first kappa shape index (κ1) is 14.8. The fraction of sp³-hybridized carbons (Fsp3) is 0.111. The lowest BCUT2D eigenvalue weighted by molar-refractivity contribution is 0.0596. The summed E-state index contributed by atoms with van der Waals surface area (Å²) < 4.78 is 15.4. The topological polar surface area (TPSA) is 65.7 Å². The third kappa shape index (κ3) is 3.23. The van der Waals surface area contributed by atoms with E-state index in [1.807, 2.05) is 30.3 Å². The molecular weight excluding hydrogens is 296 g/mol. The van der Waals surface area contributed by atoms with Crippen LogP contribution in [0.25, 0.3) is 11.0 Å². The maximum absolute atomic E-state index is 11.7. The number of carbonyl (C=O) groups excluding carboxylic acids is 1. The number of ether oxygens (including phenoxy) is 2.